The molecule has 6 heteroatoms. The first-order valence-electron chi connectivity index (χ1n) is 10.4. The van der Waals surface area contributed by atoms with Gasteiger partial charge in [0, 0.05) is 6.54 Å². The molecule has 6 nitrogen and oxygen atoms in total. The molecule has 0 fully saturated rings. The van der Waals surface area contributed by atoms with Crippen molar-refractivity contribution >= 4 is 21.5 Å². The number of aromatic nitrogens is 2. The molecule has 0 aliphatic rings. The molecule has 28 heavy (non-hydrogen) atoms. The predicted molar refractivity (Wildman–Crippen MR) is 113 cm³/mol. The minimum atomic E-state index is -0.517. The van der Waals surface area contributed by atoms with Crippen LogP contribution >= 0.6 is 0 Å². The molecule has 0 saturated carbocycles. The van der Waals surface area contributed by atoms with Crippen molar-refractivity contribution < 1.29 is 0 Å². The van der Waals surface area contributed by atoms with Gasteiger partial charge in [-0.05, 0) is 18.6 Å². The fourth-order valence-electron chi connectivity index (χ4n) is 3.91. The van der Waals surface area contributed by atoms with Gasteiger partial charge >= 0.3 is 0 Å². The standard InChI is InChI=1S/C22H28N2O4/c1-2-3-4-5-6-7-8-9-10-11-12-24-21(27)17-13-15-16(14-18(17)22(24)28)20(26)23-19(15)25/h13-14H,2-12H2,1H3,(H,23,25,26). The fourth-order valence-corrected chi connectivity index (χ4v) is 3.91. The predicted octanol–water partition coefficient (Wildman–Crippen LogP) is 3.36. The molecule has 0 aliphatic carbocycles. The summed E-state index contributed by atoms with van der Waals surface area (Å²) in [7, 11) is 0. The minimum absolute atomic E-state index is 0.172. The first-order chi connectivity index (χ1) is 13.5. The van der Waals surface area contributed by atoms with Crippen LogP contribution in [0.4, 0.5) is 0 Å². The van der Waals surface area contributed by atoms with Crippen molar-refractivity contribution in [1.29, 1.82) is 0 Å². The van der Waals surface area contributed by atoms with Crippen LogP contribution < -0.4 is 22.2 Å². The van der Waals surface area contributed by atoms with Gasteiger partial charge in [-0.3, -0.25) is 28.7 Å². The third-order valence-electron chi connectivity index (χ3n) is 5.56. The number of nitrogens with zero attached hydrogens (tertiary/aromatic N) is 1. The van der Waals surface area contributed by atoms with E-state index in [2.05, 4.69) is 11.9 Å². The Morgan fingerprint density at radius 2 is 1.07 bits per heavy atom. The molecule has 2 aromatic heterocycles. The normalized spacial score (nSPS) is 11.8. The first kappa shape index (κ1) is 20.2. The number of hydrogen-bond donors (Lipinski definition) is 1. The summed E-state index contributed by atoms with van der Waals surface area (Å²) < 4.78 is 1.24. The van der Waals surface area contributed by atoms with Crippen molar-refractivity contribution in [1.82, 2.24) is 9.55 Å². The Labute approximate surface area is 162 Å². The monoisotopic (exact) mass is 384 g/mol. The molecule has 0 bridgehead atoms. The van der Waals surface area contributed by atoms with E-state index in [0.717, 1.165) is 19.3 Å². The van der Waals surface area contributed by atoms with Gasteiger partial charge in [-0.1, -0.05) is 64.7 Å². The number of aromatic amines is 1. The van der Waals surface area contributed by atoms with Crippen LogP contribution in [0.2, 0.25) is 0 Å². The minimum Gasteiger partial charge on any atom is -0.288 e. The largest absolute Gasteiger partial charge is 0.288 e. The van der Waals surface area contributed by atoms with Gasteiger partial charge in [-0.25, -0.2) is 0 Å². The lowest BCUT2D eigenvalue weighted by Gasteiger charge is -2.02. The van der Waals surface area contributed by atoms with Gasteiger partial charge in [0.2, 0.25) is 0 Å². The highest BCUT2D eigenvalue weighted by molar-refractivity contribution is 5.97. The van der Waals surface area contributed by atoms with E-state index in [1.807, 2.05) is 0 Å². The van der Waals surface area contributed by atoms with Crippen molar-refractivity contribution in [2.45, 2.75) is 77.7 Å². The van der Waals surface area contributed by atoms with Crippen LogP contribution in [0.3, 0.4) is 0 Å². The second-order valence-corrected chi connectivity index (χ2v) is 7.67. The average Bonchev–Trinajstić information content (AvgIpc) is 3.09. The van der Waals surface area contributed by atoms with E-state index in [4.69, 9.17) is 0 Å². The van der Waals surface area contributed by atoms with Gasteiger partial charge in [0.1, 0.15) is 0 Å². The third kappa shape index (κ3) is 4.16. The van der Waals surface area contributed by atoms with Crippen LogP contribution in [0, 0.1) is 0 Å². The maximum atomic E-state index is 12.6. The van der Waals surface area contributed by atoms with E-state index in [1.54, 1.807) is 0 Å². The summed E-state index contributed by atoms with van der Waals surface area (Å²) >= 11 is 0. The fraction of sp³-hybridized carbons (Fsp3) is 0.545. The number of hydrogen-bond acceptors (Lipinski definition) is 4. The lowest BCUT2D eigenvalue weighted by atomic mass is 10.1. The lowest BCUT2D eigenvalue weighted by molar-refractivity contribution is 0.529. The molecule has 3 aromatic rings. The van der Waals surface area contributed by atoms with Gasteiger partial charge < -0.3 is 0 Å². The van der Waals surface area contributed by atoms with Crippen LogP contribution in [-0.2, 0) is 6.54 Å². The van der Waals surface area contributed by atoms with Crippen molar-refractivity contribution in [3.63, 3.8) is 0 Å². The summed E-state index contributed by atoms with van der Waals surface area (Å²) in [5.41, 5.74) is -1.77. The number of benzene rings is 1. The summed E-state index contributed by atoms with van der Waals surface area (Å²) in [6, 6.07) is 2.76. The van der Waals surface area contributed by atoms with Gasteiger partial charge in [-0.2, -0.15) is 0 Å². The molecular weight excluding hydrogens is 356 g/mol. The summed E-state index contributed by atoms with van der Waals surface area (Å²) in [6.07, 6.45) is 11.8. The van der Waals surface area contributed by atoms with Gasteiger partial charge in [0.15, 0.2) is 0 Å². The molecule has 0 unspecified atom stereocenters. The van der Waals surface area contributed by atoms with Gasteiger partial charge in [0.25, 0.3) is 22.2 Å². The highest BCUT2D eigenvalue weighted by atomic mass is 16.2. The van der Waals surface area contributed by atoms with Gasteiger partial charge in [-0.15, -0.1) is 0 Å². The summed E-state index contributed by atoms with van der Waals surface area (Å²) in [6.45, 7) is 2.60. The topological polar surface area (TPSA) is 89.0 Å². The van der Waals surface area contributed by atoms with E-state index in [1.165, 1.54) is 61.6 Å². The van der Waals surface area contributed by atoms with Crippen LogP contribution in [0.15, 0.2) is 31.3 Å². The van der Waals surface area contributed by atoms with Crippen molar-refractivity contribution in [2.24, 2.45) is 0 Å². The van der Waals surface area contributed by atoms with Crippen molar-refractivity contribution in [3.8, 4) is 0 Å². The van der Waals surface area contributed by atoms with Crippen LogP contribution in [-0.4, -0.2) is 9.55 Å². The first-order valence-corrected chi connectivity index (χ1v) is 10.4. The second kappa shape index (κ2) is 9.13. The van der Waals surface area contributed by atoms with E-state index in [0.29, 0.717) is 6.54 Å². The van der Waals surface area contributed by atoms with Gasteiger partial charge in [0.05, 0.1) is 21.5 Å². The highest BCUT2D eigenvalue weighted by Gasteiger charge is 2.16. The zero-order chi connectivity index (χ0) is 20.1. The molecule has 0 amide bonds. The van der Waals surface area contributed by atoms with Crippen LogP contribution in [0.5, 0.6) is 0 Å². The molecule has 0 atom stereocenters. The van der Waals surface area contributed by atoms with E-state index in [-0.39, 0.29) is 32.7 Å². The molecule has 0 radical (unpaired) electrons. The number of nitrogens with one attached hydrogen (secondary N) is 1. The SMILES string of the molecule is CCCCCCCCCCCCn1c(=O)c2cc3c(=O)[nH]c(=O)c3cc2c1=O. The van der Waals surface area contributed by atoms with E-state index < -0.39 is 11.1 Å². The lowest BCUT2D eigenvalue weighted by Crippen LogP contribution is -2.25. The Balaban J connectivity index is 1.58. The number of fused-ring (bicyclic) bond motifs is 2. The molecule has 0 spiro atoms. The summed E-state index contributed by atoms with van der Waals surface area (Å²) in [5, 5.41) is 0.790. The average molecular weight is 384 g/mol. The number of H-pyrrole nitrogens is 1. The Kier molecular flexibility index (Phi) is 6.60. The summed E-state index contributed by atoms with van der Waals surface area (Å²) in [4.78, 5) is 50.9. The second-order valence-electron chi connectivity index (χ2n) is 7.67. The maximum Gasteiger partial charge on any atom is 0.261 e. The Morgan fingerprint density at radius 1 is 0.643 bits per heavy atom. The van der Waals surface area contributed by atoms with E-state index >= 15 is 0 Å². The zero-order valence-electron chi connectivity index (χ0n) is 16.5. The Morgan fingerprint density at radius 3 is 1.54 bits per heavy atom. The molecule has 2 heterocycles. The quantitative estimate of drug-likeness (QED) is 0.513. The zero-order valence-corrected chi connectivity index (χ0v) is 16.5. The third-order valence-corrected chi connectivity index (χ3v) is 5.56. The Hall–Kier alpha value is -2.50. The van der Waals surface area contributed by atoms with Crippen molar-refractivity contribution in [3.05, 3.63) is 53.5 Å². The maximum absolute atomic E-state index is 12.6. The molecular formula is C22H28N2O4. The van der Waals surface area contributed by atoms with Crippen LogP contribution in [0.25, 0.3) is 21.5 Å². The number of rotatable bonds is 11. The smallest absolute Gasteiger partial charge is 0.261 e. The molecule has 1 aromatic carbocycles. The molecule has 1 N–H and O–H groups in total. The van der Waals surface area contributed by atoms with Crippen molar-refractivity contribution in [2.75, 3.05) is 0 Å². The summed E-state index contributed by atoms with van der Waals surface area (Å²) in [5.74, 6) is 0. The Bertz CT molecular complexity index is 1070. The van der Waals surface area contributed by atoms with Crippen LogP contribution in [0.1, 0.15) is 71.1 Å². The molecule has 0 aliphatic heterocycles. The molecule has 3 rings (SSSR count). The number of unbranched alkanes of at least 4 members (excludes halogenated alkanes) is 9. The molecule has 0 saturated heterocycles. The molecule has 150 valence electrons. The highest BCUT2D eigenvalue weighted by Crippen LogP contribution is 2.14. The van der Waals surface area contributed by atoms with E-state index in [9.17, 15) is 19.2 Å².